The van der Waals surface area contributed by atoms with Gasteiger partial charge in [-0.15, -0.1) is 0 Å². The van der Waals surface area contributed by atoms with Crippen LogP contribution in [-0.2, 0) is 9.53 Å². The van der Waals surface area contributed by atoms with Gasteiger partial charge in [0, 0.05) is 42.3 Å². The number of anilines is 1. The van der Waals surface area contributed by atoms with Crippen LogP contribution in [0.25, 0.3) is 11.2 Å². The summed E-state index contributed by atoms with van der Waals surface area (Å²) in [6.45, 7) is 8.99. The zero-order valence-electron chi connectivity index (χ0n) is 22.8. The maximum Gasteiger partial charge on any atom is 0.332 e. The van der Waals surface area contributed by atoms with Crippen molar-refractivity contribution in [2.24, 2.45) is 5.92 Å². The fraction of sp³-hybridized carbons (Fsp3) is 0.571. The normalized spacial score (nSPS) is 23.8. The summed E-state index contributed by atoms with van der Waals surface area (Å²) in [7, 11) is 1.48. The Morgan fingerprint density at radius 3 is 2.74 bits per heavy atom. The quantitative estimate of drug-likeness (QED) is 0.391. The van der Waals surface area contributed by atoms with Crippen molar-refractivity contribution in [3.63, 3.8) is 0 Å². The lowest BCUT2D eigenvalue weighted by Crippen LogP contribution is -2.52. The van der Waals surface area contributed by atoms with Gasteiger partial charge in [0.1, 0.15) is 11.3 Å². The van der Waals surface area contributed by atoms with E-state index in [1.807, 2.05) is 36.9 Å². The van der Waals surface area contributed by atoms with E-state index in [0.29, 0.717) is 28.4 Å². The Bertz CT molecular complexity index is 1350. The third-order valence-corrected chi connectivity index (χ3v) is 8.98. The minimum Gasteiger partial charge on any atom is -0.479 e. The fourth-order valence-corrected chi connectivity index (χ4v) is 6.93. The highest BCUT2D eigenvalue weighted by Gasteiger charge is 2.38. The zero-order chi connectivity index (χ0) is 27.8. The molecular formula is C28H36Cl2N6O3. The molecule has 5 unspecified atom stereocenters. The number of benzene rings is 1. The number of fused-ring (bicyclic) bond motifs is 1. The number of carbonyl (C=O) groups is 1. The average Bonchev–Trinajstić information content (AvgIpc) is 3.50. The van der Waals surface area contributed by atoms with Crippen molar-refractivity contribution < 1.29 is 14.6 Å². The van der Waals surface area contributed by atoms with Crippen molar-refractivity contribution in [2.75, 3.05) is 31.6 Å². The van der Waals surface area contributed by atoms with Gasteiger partial charge in [-0.3, -0.25) is 4.90 Å². The molecule has 0 amide bonds. The molecular weight excluding hydrogens is 539 g/mol. The van der Waals surface area contributed by atoms with Gasteiger partial charge >= 0.3 is 5.97 Å². The first-order chi connectivity index (χ1) is 18.7. The second-order valence-corrected chi connectivity index (χ2v) is 11.7. The molecule has 11 heteroatoms. The highest BCUT2D eigenvalue weighted by atomic mass is 35.5. The van der Waals surface area contributed by atoms with Gasteiger partial charge in [-0.1, -0.05) is 36.2 Å². The van der Waals surface area contributed by atoms with E-state index in [1.54, 1.807) is 6.07 Å². The number of aryl methyl sites for hydroxylation is 1. The summed E-state index contributed by atoms with van der Waals surface area (Å²) < 4.78 is 7.14. The van der Waals surface area contributed by atoms with Crippen LogP contribution >= 0.6 is 23.2 Å². The van der Waals surface area contributed by atoms with E-state index in [2.05, 4.69) is 16.7 Å². The van der Waals surface area contributed by atoms with Crippen molar-refractivity contribution in [1.29, 1.82) is 0 Å². The molecule has 9 nitrogen and oxygen atoms in total. The number of carboxylic acids is 1. The summed E-state index contributed by atoms with van der Waals surface area (Å²) in [6, 6.07) is 6.00. The smallest absolute Gasteiger partial charge is 0.332 e. The topological polar surface area (TPSA) is 96.6 Å². The molecule has 0 radical (unpaired) electrons. The number of methoxy groups -OCH3 is 1. The number of piperidine rings is 1. The summed E-state index contributed by atoms with van der Waals surface area (Å²) in [6.07, 6.45) is 4.71. The van der Waals surface area contributed by atoms with Crippen LogP contribution in [0, 0.1) is 12.8 Å². The van der Waals surface area contributed by atoms with Crippen LogP contribution in [0.3, 0.4) is 0 Å². The van der Waals surface area contributed by atoms with Crippen molar-refractivity contribution in [1.82, 2.24) is 24.6 Å². The van der Waals surface area contributed by atoms with Crippen molar-refractivity contribution in [3.05, 3.63) is 45.7 Å². The summed E-state index contributed by atoms with van der Waals surface area (Å²) >= 11 is 12.6. The standard InChI is InChI=1S/C28H36Cl2N6O3/c1-16-15-34(11-9-23(16)35-10-5-6-20(35)13-24(39-4)28(37)38)25-14-31-26-17(2)33-36(27(26)32-25)18(3)21-8-7-19(29)12-22(21)30/h7-8,12,14,16,18,20,23-24H,5-6,9-11,13,15H2,1-4H3,(H,37,38). The molecule has 0 aliphatic carbocycles. The third kappa shape index (κ3) is 5.59. The lowest BCUT2D eigenvalue weighted by Gasteiger charge is -2.44. The van der Waals surface area contributed by atoms with E-state index in [-0.39, 0.29) is 12.1 Å². The van der Waals surface area contributed by atoms with Gasteiger partial charge in [0.25, 0.3) is 0 Å². The molecule has 0 spiro atoms. The second kappa shape index (κ2) is 11.6. The molecule has 2 fully saturated rings. The molecule has 1 N–H and O–H groups in total. The maximum absolute atomic E-state index is 11.6. The van der Waals surface area contributed by atoms with Gasteiger partial charge in [0.15, 0.2) is 11.8 Å². The van der Waals surface area contributed by atoms with E-state index in [0.717, 1.165) is 67.1 Å². The van der Waals surface area contributed by atoms with E-state index in [1.165, 1.54) is 7.11 Å². The Labute approximate surface area is 239 Å². The molecule has 1 aromatic carbocycles. The number of nitrogens with zero attached hydrogens (tertiary/aromatic N) is 6. The molecule has 2 saturated heterocycles. The highest BCUT2D eigenvalue weighted by Crippen LogP contribution is 2.34. The van der Waals surface area contributed by atoms with Crippen LogP contribution in [0.4, 0.5) is 5.82 Å². The van der Waals surface area contributed by atoms with Crippen LogP contribution in [0.2, 0.25) is 10.0 Å². The van der Waals surface area contributed by atoms with Gasteiger partial charge in [0.05, 0.1) is 17.9 Å². The van der Waals surface area contributed by atoms with Gasteiger partial charge in [-0.2, -0.15) is 5.10 Å². The minimum atomic E-state index is -0.886. The SMILES string of the molecule is COC(CC1CCCN1C1CCN(c2cnc3c(C)nn(C(C)c4ccc(Cl)cc4Cl)c3n2)CC1C)C(=O)O. The number of rotatable bonds is 8. The molecule has 0 bridgehead atoms. The van der Waals surface area contributed by atoms with Gasteiger partial charge in [-0.05, 0) is 69.7 Å². The predicted octanol–water partition coefficient (Wildman–Crippen LogP) is 5.22. The first-order valence-electron chi connectivity index (χ1n) is 13.6. The molecule has 2 aliphatic rings. The molecule has 2 aromatic heterocycles. The Morgan fingerprint density at radius 1 is 1.26 bits per heavy atom. The van der Waals surface area contributed by atoms with Crippen molar-refractivity contribution in [3.8, 4) is 0 Å². The number of ether oxygens (including phenoxy) is 1. The molecule has 0 saturated carbocycles. The minimum absolute atomic E-state index is 0.144. The maximum atomic E-state index is 11.6. The average molecular weight is 576 g/mol. The molecule has 5 atom stereocenters. The van der Waals surface area contributed by atoms with E-state index in [4.69, 9.17) is 43.0 Å². The zero-order valence-corrected chi connectivity index (χ0v) is 24.4. The first-order valence-corrected chi connectivity index (χ1v) is 14.4. The largest absolute Gasteiger partial charge is 0.479 e. The highest BCUT2D eigenvalue weighted by molar-refractivity contribution is 6.35. The summed E-state index contributed by atoms with van der Waals surface area (Å²) in [4.78, 5) is 26.2. The van der Waals surface area contributed by atoms with Crippen LogP contribution in [0.1, 0.15) is 56.8 Å². The second-order valence-electron chi connectivity index (χ2n) is 10.9. The summed E-state index contributed by atoms with van der Waals surface area (Å²) in [5.74, 6) is 0.344. The van der Waals surface area contributed by atoms with Gasteiger partial charge in [-0.25, -0.2) is 19.4 Å². The number of halogens is 2. The lowest BCUT2D eigenvalue weighted by atomic mass is 9.91. The predicted molar refractivity (Wildman–Crippen MR) is 153 cm³/mol. The molecule has 210 valence electrons. The van der Waals surface area contributed by atoms with Crippen LogP contribution in [0.5, 0.6) is 0 Å². The molecule has 3 aromatic rings. The number of likely N-dealkylation sites (tertiary alicyclic amines) is 1. The Hall–Kier alpha value is -2.46. The third-order valence-electron chi connectivity index (χ3n) is 8.42. The molecule has 39 heavy (non-hydrogen) atoms. The van der Waals surface area contributed by atoms with Crippen molar-refractivity contribution >= 4 is 46.2 Å². The van der Waals surface area contributed by atoms with Crippen LogP contribution < -0.4 is 4.90 Å². The number of aromatic nitrogens is 4. The Kier molecular flexibility index (Phi) is 8.33. The Balaban J connectivity index is 1.34. The summed E-state index contributed by atoms with van der Waals surface area (Å²) in [5.41, 5.74) is 3.26. The number of hydrogen-bond donors (Lipinski definition) is 1. The molecule has 5 rings (SSSR count). The van der Waals surface area contributed by atoms with E-state index >= 15 is 0 Å². The first kappa shape index (κ1) is 28.1. The van der Waals surface area contributed by atoms with Gasteiger partial charge in [0.2, 0.25) is 0 Å². The number of hydrogen-bond acceptors (Lipinski definition) is 7. The van der Waals surface area contributed by atoms with E-state index in [9.17, 15) is 9.90 Å². The summed E-state index contributed by atoms with van der Waals surface area (Å²) in [5, 5.41) is 15.4. The van der Waals surface area contributed by atoms with Crippen LogP contribution in [-0.4, -0.2) is 80.7 Å². The Morgan fingerprint density at radius 2 is 2.05 bits per heavy atom. The van der Waals surface area contributed by atoms with E-state index < -0.39 is 12.1 Å². The molecule has 4 heterocycles. The van der Waals surface area contributed by atoms with Crippen LogP contribution in [0.15, 0.2) is 24.4 Å². The number of aliphatic carboxylic acids is 1. The number of carboxylic acid groups (broad SMARTS) is 1. The van der Waals surface area contributed by atoms with Gasteiger partial charge < -0.3 is 14.7 Å². The fourth-order valence-electron chi connectivity index (χ4n) is 6.36. The molecule has 2 aliphatic heterocycles. The van der Waals surface area contributed by atoms with Crippen molar-refractivity contribution in [2.45, 2.75) is 70.7 Å². The monoisotopic (exact) mass is 574 g/mol. The lowest BCUT2D eigenvalue weighted by molar-refractivity contribution is -0.149.